The fourth-order valence-corrected chi connectivity index (χ4v) is 1.11. The predicted molar refractivity (Wildman–Crippen MR) is 42.6 cm³/mol. The molecule has 0 saturated carbocycles. The molecule has 11 heavy (non-hydrogen) atoms. The summed E-state index contributed by atoms with van der Waals surface area (Å²) in [5.41, 5.74) is 1.73. The van der Waals surface area contributed by atoms with E-state index in [4.69, 9.17) is 4.42 Å². The summed E-state index contributed by atoms with van der Waals surface area (Å²) in [4.78, 5) is 0. The van der Waals surface area contributed by atoms with Gasteiger partial charge in [-0.3, -0.25) is 5.10 Å². The number of aromatic amines is 1. The van der Waals surface area contributed by atoms with Crippen LogP contribution in [0, 0.1) is 6.92 Å². The summed E-state index contributed by atoms with van der Waals surface area (Å²) in [7, 11) is 1.81. The number of hydrogen-bond donors (Lipinski definition) is 2. The van der Waals surface area contributed by atoms with Gasteiger partial charge in [-0.1, -0.05) is 0 Å². The van der Waals surface area contributed by atoms with E-state index in [-0.39, 0.29) is 0 Å². The smallest absolute Gasteiger partial charge is 0.195 e. The van der Waals surface area contributed by atoms with E-state index >= 15 is 0 Å². The maximum absolute atomic E-state index is 5.37. The predicted octanol–water partition coefficient (Wildman–Crippen LogP) is 1.51. The second kappa shape index (κ2) is 2.02. The summed E-state index contributed by atoms with van der Waals surface area (Å²) in [6.07, 6.45) is 0. The highest BCUT2D eigenvalue weighted by atomic mass is 16.3. The Bertz CT molecular complexity index is 374. The maximum atomic E-state index is 5.37. The molecule has 0 amide bonds. The van der Waals surface area contributed by atoms with Crippen molar-refractivity contribution >= 4 is 16.9 Å². The fourth-order valence-electron chi connectivity index (χ4n) is 1.11. The normalized spacial score (nSPS) is 10.7. The highest BCUT2D eigenvalue weighted by molar-refractivity contribution is 5.84. The van der Waals surface area contributed by atoms with Crippen LogP contribution in [0.4, 0.5) is 5.82 Å². The van der Waals surface area contributed by atoms with Crippen molar-refractivity contribution in [2.45, 2.75) is 6.92 Å². The first-order valence-corrected chi connectivity index (χ1v) is 3.43. The molecule has 0 radical (unpaired) electrons. The average molecular weight is 151 g/mol. The molecule has 0 spiro atoms. The third-order valence-electron chi connectivity index (χ3n) is 1.60. The van der Waals surface area contributed by atoms with Crippen LogP contribution in [-0.2, 0) is 0 Å². The lowest BCUT2D eigenvalue weighted by molar-refractivity contribution is 0.579. The van der Waals surface area contributed by atoms with E-state index in [9.17, 15) is 0 Å². The molecule has 0 aliphatic heterocycles. The number of aromatic nitrogens is 2. The third-order valence-corrected chi connectivity index (χ3v) is 1.60. The van der Waals surface area contributed by atoms with Crippen molar-refractivity contribution in [1.82, 2.24) is 10.2 Å². The maximum Gasteiger partial charge on any atom is 0.195 e. The van der Waals surface area contributed by atoms with Crippen molar-refractivity contribution < 1.29 is 4.42 Å². The van der Waals surface area contributed by atoms with Gasteiger partial charge in [0.05, 0.1) is 0 Å². The quantitative estimate of drug-likeness (QED) is 0.649. The molecule has 2 heterocycles. The van der Waals surface area contributed by atoms with Crippen LogP contribution in [0.1, 0.15) is 5.76 Å². The lowest BCUT2D eigenvalue weighted by Gasteiger charge is -1.88. The number of nitrogens with one attached hydrogen (secondary N) is 2. The summed E-state index contributed by atoms with van der Waals surface area (Å²) in [6.45, 7) is 1.91. The van der Waals surface area contributed by atoms with E-state index < -0.39 is 0 Å². The Kier molecular flexibility index (Phi) is 1.15. The van der Waals surface area contributed by atoms with Crippen LogP contribution in [-0.4, -0.2) is 17.2 Å². The molecule has 2 aromatic rings. The van der Waals surface area contributed by atoms with Crippen molar-refractivity contribution in [1.29, 1.82) is 0 Å². The molecule has 0 aliphatic rings. The van der Waals surface area contributed by atoms with E-state index in [1.165, 1.54) is 0 Å². The molecule has 4 nitrogen and oxygen atoms in total. The Morgan fingerprint density at radius 3 is 3.18 bits per heavy atom. The second-order valence-electron chi connectivity index (χ2n) is 2.42. The summed E-state index contributed by atoms with van der Waals surface area (Å²) >= 11 is 0. The van der Waals surface area contributed by atoms with Crippen molar-refractivity contribution in [2.24, 2.45) is 0 Å². The van der Waals surface area contributed by atoms with Crippen LogP contribution in [0.25, 0.3) is 11.1 Å². The van der Waals surface area contributed by atoms with Gasteiger partial charge in [0.15, 0.2) is 11.4 Å². The Labute approximate surface area is 63.6 Å². The summed E-state index contributed by atoms with van der Waals surface area (Å²) in [5.74, 6) is 1.65. The van der Waals surface area contributed by atoms with Crippen molar-refractivity contribution in [3.8, 4) is 0 Å². The SMILES string of the molecule is CNc1n[nH]c2cc(C)oc12. The summed E-state index contributed by atoms with van der Waals surface area (Å²) in [5, 5.41) is 9.77. The molecular formula is C7H9N3O. The van der Waals surface area contributed by atoms with Crippen LogP contribution in [0.5, 0.6) is 0 Å². The van der Waals surface area contributed by atoms with Crippen molar-refractivity contribution in [2.75, 3.05) is 12.4 Å². The molecular weight excluding hydrogens is 142 g/mol. The van der Waals surface area contributed by atoms with Gasteiger partial charge in [-0.25, -0.2) is 0 Å². The summed E-state index contributed by atoms with van der Waals surface area (Å²) in [6, 6.07) is 1.92. The molecule has 0 bridgehead atoms. The molecule has 2 rings (SSSR count). The molecule has 2 aromatic heterocycles. The highest BCUT2D eigenvalue weighted by Gasteiger charge is 2.07. The Morgan fingerprint density at radius 2 is 2.45 bits per heavy atom. The van der Waals surface area contributed by atoms with Gasteiger partial charge in [0, 0.05) is 13.1 Å². The number of furan rings is 1. The van der Waals surface area contributed by atoms with Gasteiger partial charge in [-0.15, -0.1) is 0 Å². The molecule has 4 heteroatoms. The van der Waals surface area contributed by atoms with Gasteiger partial charge in [0.25, 0.3) is 0 Å². The molecule has 0 aliphatic carbocycles. The molecule has 0 atom stereocenters. The van der Waals surface area contributed by atoms with Gasteiger partial charge in [-0.05, 0) is 6.92 Å². The number of fused-ring (bicyclic) bond motifs is 1. The largest absolute Gasteiger partial charge is 0.456 e. The standard InChI is InChI=1S/C7H9N3O/c1-4-3-5-6(11-4)7(8-2)10-9-5/h3H,1-2H3,(H2,8,9,10). The number of nitrogens with zero attached hydrogens (tertiary/aromatic N) is 1. The minimum absolute atomic E-state index is 0.758. The Morgan fingerprint density at radius 1 is 1.64 bits per heavy atom. The molecule has 0 aromatic carbocycles. The lowest BCUT2D eigenvalue weighted by Crippen LogP contribution is -1.87. The zero-order valence-corrected chi connectivity index (χ0v) is 6.43. The first-order chi connectivity index (χ1) is 5.31. The van der Waals surface area contributed by atoms with E-state index in [0.717, 1.165) is 22.7 Å². The van der Waals surface area contributed by atoms with Crippen molar-refractivity contribution in [3.05, 3.63) is 11.8 Å². The number of H-pyrrole nitrogens is 1. The summed E-state index contributed by atoms with van der Waals surface area (Å²) < 4.78 is 5.37. The van der Waals surface area contributed by atoms with Crippen LogP contribution in [0.2, 0.25) is 0 Å². The van der Waals surface area contributed by atoms with Gasteiger partial charge < -0.3 is 9.73 Å². The lowest BCUT2D eigenvalue weighted by atomic mass is 10.4. The number of anilines is 1. The van der Waals surface area contributed by atoms with Gasteiger partial charge in [0.2, 0.25) is 0 Å². The van der Waals surface area contributed by atoms with Crippen LogP contribution in [0.15, 0.2) is 10.5 Å². The first kappa shape index (κ1) is 6.27. The molecule has 0 saturated heterocycles. The number of hydrogen-bond acceptors (Lipinski definition) is 3. The molecule has 58 valence electrons. The van der Waals surface area contributed by atoms with Gasteiger partial charge >= 0.3 is 0 Å². The molecule has 0 unspecified atom stereocenters. The number of rotatable bonds is 1. The van der Waals surface area contributed by atoms with Crippen LogP contribution < -0.4 is 5.32 Å². The van der Waals surface area contributed by atoms with Crippen LogP contribution in [0.3, 0.4) is 0 Å². The van der Waals surface area contributed by atoms with E-state index in [2.05, 4.69) is 15.5 Å². The number of aryl methyl sites for hydroxylation is 1. The first-order valence-electron chi connectivity index (χ1n) is 3.43. The fraction of sp³-hybridized carbons (Fsp3) is 0.286. The minimum Gasteiger partial charge on any atom is -0.456 e. The molecule has 2 N–H and O–H groups in total. The second-order valence-corrected chi connectivity index (χ2v) is 2.42. The topological polar surface area (TPSA) is 53.9 Å². The van der Waals surface area contributed by atoms with Crippen molar-refractivity contribution in [3.63, 3.8) is 0 Å². The highest BCUT2D eigenvalue weighted by Crippen LogP contribution is 2.22. The third kappa shape index (κ3) is 0.790. The molecule has 0 fully saturated rings. The zero-order chi connectivity index (χ0) is 7.84. The monoisotopic (exact) mass is 151 g/mol. The van der Waals surface area contributed by atoms with Gasteiger partial charge in [-0.2, -0.15) is 5.10 Å². The Hall–Kier alpha value is -1.45. The van der Waals surface area contributed by atoms with E-state index in [0.29, 0.717) is 0 Å². The van der Waals surface area contributed by atoms with Gasteiger partial charge in [0.1, 0.15) is 11.3 Å². The van der Waals surface area contributed by atoms with E-state index in [1.807, 2.05) is 20.0 Å². The Balaban J connectivity index is 2.73. The average Bonchev–Trinajstić information content (AvgIpc) is 2.45. The van der Waals surface area contributed by atoms with E-state index in [1.54, 1.807) is 0 Å². The van der Waals surface area contributed by atoms with Crippen LogP contribution >= 0.6 is 0 Å². The zero-order valence-electron chi connectivity index (χ0n) is 6.43. The minimum atomic E-state index is 0.758.